The molecule has 2 N–H and O–H groups in total. The predicted octanol–water partition coefficient (Wildman–Crippen LogP) is 0.566. The second-order valence-electron chi connectivity index (χ2n) is 5.34. The Hall–Kier alpha value is -2.95. The van der Waals surface area contributed by atoms with E-state index in [0.29, 0.717) is 0 Å². The molecular formula is C15H19N5O5S. The molecule has 0 bridgehead atoms. The van der Waals surface area contributed by atoms with Crippen LogP contribution in [0.15, 0.2) is 35.4 Å². The molecule has 0 saturated carbocycles. The number of sulfone groups is 1. The van der Waals surface area contributed by atoms with E-state index in [0.717, 1.165) is 11.8 Å². The average molecular weight is 381 g/mol. The molecule has 0 aliphatic rings. The van der Waals surface area contributed by atoms with Crippen LogP contribution in [0.3, 0.4) is 0 Å². The van der Waals surface area contributed by atoms with Gasteiger partial charge >= 0.3 is 6.09 Å². The number of nitrogens with one attached hydrogen (secondary N) is 2. The lowest BCUT2D eigenvalue weighted by molar-refractivity contribution is -0.122. The quantitative estimate of drug-likeness (QED) is 0.716. The van der Waals surface area contributed by atoms with Gasteiger partial charge in [0.25, 0.3) is 0 Å². The summed E-state index contributed by atoms with van der Waals surface area (Å²) in [6, 6.07) is 6.24. The van der Waals surface area contributed by atoms with Crippen LogP contribution in [0.1, 0.15) is 12.5 Å². The standard InChI is InChI=1S/C15H19N5O5S/c1-3-25-15(22)17-13-9-20(19-18-13)10-14(21)16-8-11-4-6-12(7-5-11)26(2,23)24/h4-7,9H,3,8,10H2,1-2H3,(H,16,21)(H,17,22). The van der Waals surface area contributed by atoms with Crippen molar-refractivity contribution in [3.8, 4) is 0 Å². The van der Waals surface area contributed by atoms with Crippen LogP contribution in [0.4, 0.5) is 10.6 Å². The van der Waals surface area contributed by atoms with Crippen molar-refractivity contribution in [2.75, 3.05) is 18.2 Å². The van der Waals surface area contributed by atoms with Crippen molar-refractivity contribution in [1.82, 2.24) is 20.3 Å². The van der Waals surface area contributed by atoms with Gasteiger partial charge in [0.1, 0.15) is 6.54 Å². The van der Waals surface area contributed by atoms with E-state index in [1.807, 2.05) is 0 Å². The summed E-state index contributed by atoms with van der Waals surface area (Å²) >= 11 is 0. The fourth-order valence-corrected chi connectivity index (χ4v) is 2.59. The zero-order valence-corrected chi connectivity index (χ0v) is 15.1. The zero-order valence-electron chi connectivity index (χ0n) is 14.3. The number of hydrogen-bond donors (Lipinski definition) is 2. The molecular weight excluding hydrogens is 362 g/mol. The lowest BCUT2D eigenvalue weighted by atomic mass is 10.2. The zero-order chi connectivity index (χ0) is 19.2. The molecule has 0 saturated heterocycles. The van der Waals surface area contributed by atoms with Crippen molar-refractivity contribution in [2.24, 2.45) is 0 Å². The first-order valence-electron chi connectivity index (χ1n) is 7.67. The molecule has 0 aliphatic heterocycles. The van der Waals surface area contributed by atoms with Gasteiger partial charge in [-0.15, -0.1) is 5.10 Å². The van der Waals surface area contributed by atoms with Gasteiger partial charge in [0.2, 0.25) is 5.91 Å². The highest BCUT2D eigenvalue weighted by atomic mass is 32.2. The second-order valence-corrected chi connectivity index (χ2v) is 7.36. The molecule has 11 heteroatoms. The molecule has 2 rings (SSSR count). The van der Waals surface area contributed by atoms with Gasteiger partial charge in [0.15, 0.2) is 15.7 Å². The average Bonchev–Trinajstić information content (AvgIpc) is 2.99. The minimum absolute atomic E-state index is 0.0844. The molecule has 2 amide bonds. The maximum atomic E-state index is 11.9. The molecule has 0 fully saturated rings. The number of nitrogens with zero attached hydrogens (tertiary/aromatic N) is 3. The normalized spacial score (nSPS) is 11.0. The monoisotopic (exact) mass is 381 g/mol. The van der Waals surface area contributed by atoms with Gasteiger partial charge in [0.05, 0.1) is 17.7 Å². The number of carbonyl (C=O) groups excluding carboxylic acids is 2. The van der Waals surface area contributed by atoms with E-state index in [9.17, 15) is 18.0 Å². The maximum Gasteiger partial charge on any atom is 0.412 e. The summed E-state index contributed by atoms with van der Waals surface area (Å²) in [6.45, 7) is 2.06. The molecule has 1 aromatic heterocycles. The van der Waals surface area contributed by atoms with Crippen molar-refractivity contribution < 1.29 is 22.7 Å². The number of anilines is 1. The Morgan fingerprint density at radius 2 is 1.92 bits per heavy atom. The van der Waals surface area contributed by atoms with E-state index in [2.05, 4.69) is 20.9 Å². The van der Waals surface area contributed by atoms with Crippen LogP contribution in [-0.2, 0) is 32.5 Å². The van der Waals surface area contributed by atoms with Gasteiger partial charge in [-0.3, -0.25) is 10.1 Å². The molecule has 1 aromatic carbocycles. The van der Waals surface area contributed by atoms with Crippen LogP contribution in [0.5, 0.6) is 0 Å². The lowest BCUT2D eigenvalue weighted by Crippen LogP contribution is -2.27. The van der Waals surface area contributed by atoms with Crippen LogP contribution in [0, 0.1) is 0 Å². The molecule has 26 heavy (non-hydrogen) atoms. The number of carbonyl (C=O) groups is 2. The summed E-state index contributed by atoms with van der Waals surface area (Å²) in [5.41, 5.74) is 0.758. The molecule has 1 heterocycles. The van der Waals surface area contributed by atoms with Crippen molar-refractivity contribution >= 4 is 27.7 Å². The maximum absolute atomic E-state index is 11.9. The summed E-state index contributed by atoms with van der Waals surface area (Å²) in [4.78, 5) is 23.4. The van der Waals surface area contributed by atoms with Crippen LogP contribution < -0.4 is 10.6 Å². The van der Waals surface area contributed by atoms with E-state index in [-0.39, 0.29) is 36.3 Å². The SMILES string of the molecule is CCOC(=O)Nc1cn(CC(=O)NCc2ccc(S(C)(=O)=O)cc2)nn1. The minimum Gasteiger partial charge on any atom is -0.450 e. The smallest absolute Gasteiger partial charge is 0.412 e. The summed E-state index contributed by atoms with van der Waals surface area (Å²) in [7, 11) is -3.25. The van der Waals surface area contributed by atoms with Crippen LogP contribution in [0.25, 0.3) is 0 Å². The fourth-order valence-electron chi connectivity index (χ4n) is 1.96. The predicted molar refractivity (Wildman–Crippen MR) is 92.1 cm³/mol. The van der Waals surface area contributed by atoms with E-state index in [4.69, 9.17) is 4.74 Å². The molecule has 0 unspecified atom stereocenters. The van der Waals surface area contributed by atoms with Crippen LogP contribution in [0.2, 0.25) is 0 Å². The first-order valence-corrected chi connectivity index (χ1v) is 9.56. The molecule has 0 spiro atoms. The number of benzene rings is 1. The summed E-state index contributed by atoms with van der Waals surface area (Å²) < 4.78 is 28.8. The van der Waals surface area contributed by atoms with Gasteiger partial charge in [-0.05, 0) is 24.6 Å². The lowest BCUT2D eigenvalue weighted by Gasteiger charge is -2.06. The largest absolute Gasteiger partial charge is 0.450 e. The van der Waals surface area contributed by atoms with E-state index in [1.165, 1.54) is 23.0 Å². The molecule has 0 radical (unpaired) electrons. The first kappa shape index (κ1) is 19.4. The third kappa shape index (κ3) is 5.84. The van der Waals surface area contributed by atoms with E-state index in [1.54, 1.807) is 19.1 Å². The van der Waals surface area contributed by atoms with Gasteiger partial charge < -0.3 is 10.1 Å². The number of amides is 2. The first-order chi connectivity index (χ1) is 12.3. The van der Waals surface area contributed by atoms with Gasteiger partial charge in [0, 0.05) is 12.8 Å². The van der Waals surface area contributed by atoms with Gasteiger partial charge in [-0.25, -0.2) is 17.9 Å². The van der Waals surface area contributed by atoms with E-state index < -0.39 is 15.9 Å². The van der Waals surface area contributed by atoms with Crippen molar-refractivity contribution in [1.29, 1.82) is 0 Å². The second kappa shape index (κ2) is 8.43. The van der Waals surface area contributed by atoms with Crippen molar-refractivity contribution in [3.63, 3.8) is 0 Å². The highest BCUT2D eigenvalue weighted by Crippen LogP contribution is 2.10. The Morgan fingerprint density at radius 1 is 1.23 bits per heavy atom. The Morgan fingerprint density at radius 3 is 2.54 bits per heavy atom. The third-order valence-corrected chi connectivity index (χ3v) is 4.32. The summed E-state index contributed by atoms with van der Waals surface area (Å²) in [5, 5.41) is 12.5. The number of rotatable bonds is 7. The fraction of sp³-hybridized carbons (Fsp3) is 0.333. The number of hydrogen-bond acceptors (Lipinski definition) is 7. The van der Waals surface area contributed by atoms with Crippen molar-refractivity contribution in [2.45, 2.75) is 24.9 Å². The number of aromatic nitrogens is 3. The Labute approximate surface area is 150 Å². The molecule has 0 atom stereocenters. The van der Waals surface area contributed by atoms with Gasteiger partial charge in [-0.2, -0.15) is 0 Å². The Bertz CT molecular complexity index is 876. The molecule has 2 aromatic rings. The Kier molecular flexibility index (Phi) is 6.28. The molecule has 140 valence electrons. The molecule has 10 nitrogen and oxygen atoms in total. The van der Waals surface area contributed by atoms with E-state index >= 15 is 0 Å². The van der Waals surface area contributed by atoms with Gasteiger partial charge in [-0.1, -0.05) is 17.3 Å². The third-order valence-electron chi connectivity index (χ3n) is 3.19. The molecule has 0 aliphatic carbocycles. The van der Waals surface area contributed by atoms with Crippen LogP contribution >= 0.6 is 0 Å². The Balaban J connectivity index is 1.83. The van der Waals surface area contributed by atoms with Crippen LogP contribution in [-0.4, -0.2) is 48.3 Å². The highest BCUT2D eigenvalue weighted by molar-refractivity contribution is 7.90. The highest BCUT2D eigenvalue weighted by Gasteiger charge is 2.10. The topological polar surface area (TPSA) is 132 Å². The minimum atomic E-state index is -3.25. The number of ether oxygens (including phenoxy) is 1. The van der Waals surface area contributed by atoms with Crippen molar-refractivity contribution in [3.05, 3.63) is 36.0 Å². The summed E-state index contributed by atoms with van der Waals surface area (Å²) in [5.74, 6) is -0.141. The summed E-state index contributed by atoms with van der Waals surface area (Å²) in [6.07, 6.45) is 1.88.